The molecule has 3 rings (SSSR count). The Morgan fingerprint density at radius 1 is 1.21 bits per heavy atom. The van der Waals surface area contributed by atoms with E-state index in [-0.39, 0.29) is 0 Å². The fraction of sp³-hybridized carbons (Fsp3) is 0.550. The van der Waals surface area contributed by atoms with Crippen molar-refractivity contribution in [1.29, 1.82) is 0 Å². The molecule has 3 nitrogen and oxygen atoms in total. The van der Waals surface area contributed by atoms with Crippen LogP contribution in [0.4, 0.5) is 0 Å². The molecule has 1 aliphatic carbocycles. The molecule has 2 atom stereocenters. The zero-order valence-corrected chi connectivity index (χ0v) is 15.1. The van der Waals surface area contributed by atoms with Crippen molar-refractivity contribution in [1.82, 2.24) is 10.2 Å². The van der Waals surface area contributed by atoms with Crippen molar-refractivity contribution < 1.29 is 4.74 Å². The number of thiocarbonyl (C=S) groups is 1. The molecule has 0 aromatic heterocycles. The minimum Gasteiger partial charge on any atom is -0.376 e. The van der Waals surface area contributed by atoms with Gasteiger partial charge in [-0.15, -0.1) is 0 Å². The third-order valence-electron chi connectivity index (χ3n) is 4.86. The Morgan fingerprint density at radius 2 is 2.08 bits per heavy atom. The van der Waals surface area contributed by atoms with Crippen LogP contribution in [0.25, 0.3) is 0 Å². The smallest absolute Gasteiger partial charge is 0.169 e. The Morgan fingerprint density at radius 3 is 2.79 bits per heavy atom. The van der Waals surface area contributed by atoms with Gasteiger partial charge in [-0.3, -0.25) is 0 Å². The van der Waals surface area contributed by atoms with Crippen LogP contribution in [-0.2, 0) is 11.3 Å². The van der Waals surface area contributed by atoms with Crippen molar-refractivity contribution >= 4 is 17.3 Å². The molecule has 0 spiro atoms. The number of hydrogen-bond acceptors (Lipinski definition) is 2. The number of hydrogen-bond donors (Lipinski definition) is 1. The Hall–Kier alpha value is -1.39. The number of nitrogens with zero attached hydrogens (tertiary/aromatic N) is 1. The summed E-state index contributed by atoms with van der Waals surface area (Å²) in [6.45, 7) is 3.62. The second-order valence-electron chi connectivity index (χ2n) is 6.84. The monoisotopic (exact) mass is 344 g/mol. The van der Waals surface area contributed by atoms with Crippen molar-refractivity contribution in [2.75, 3.05) is 19.7 Å². The van der Waals surface area contributed by atoms with Crippen molar-refractivity contribution in [2.24, 2.45) is 5.92 Å². The maximum Gasteiger partial charge on any atom is 0.169 e. The van der Waals surface area contributed by atoms with Gasteiger partial charge in [0.15, 0.2) is 5.11 Å². The van der Waals surface area contributed by atoms with Crippen LogP contribution >= 0.6 is 12.2 Å². The standard InChI is InChI=1S/C20H28N2OS/c24-20(21-14-19-12-7-13-23-19)22(15-17-8-3-1-4-9-17)16-18-10-5-2-6-11-18/h1-5,8-9,18-19H,6-7,10-16H2,(H,21,24). The highest BCUT2D eigenvalue weighted by Crippen LogP contribution is 2.20. The average molecular weight is 345 g/mol. The molecule has 1 saturated heterocycles. The molecule has 0 radical (unpaired) electrons. The quantitative estimate of drug-likeness (QED) is 0.625. The van der Waals surface area contributed by atoms with Crippen LogP contribution in [0.2, 0.25) is 0 Å². The lowest BCUT2D eigenvalue weighted by atomic mass is 9.94. The van der Waals surface area contributed by atoms with Crippen LogP contribution in [0.5, 0.6) is 0 Å². The predicted molar refractivity (Wildman–Crippen MR) is 103 cm³/mol. The number of rotatable bonds is 6. The number of ether oxygens (including phenoxy) is 1. The van der Waals surface area contributed by atoms with Crippen LogP contribution < -0.4 is 5.32 Å². The topological polar surface area (TPSA) is 24.5 Å². The third kappa shape index (κ3) is 5.32. The first-order chi connectivity index (χ1) is 11.8. The second kappa shape index (κ2) is 9.19. The lowest BCUT2D eigenvalue weighted by Gasteiger charge is -2.31. The van der Waals surface area contributed by atoms with E-state index in [2.05, 4.69) is 52.7 Å². The van der Waals surface area contributed by atoms with E-state index in [0.29, 0.717) is 12.0 Å². The van der Waals surface area contributed by atoms with Gasteiger partial charge in [0.2, 0.25) is 0 Å². The molecule has 0 saturated carbocycles. The van der Waals surface area contributed by atoms with Gasteiger partial charge in [0.25, 0.3) is 0 Å². The molecule has 0 amide bonds. The van der Waals surface area contributed by atoms with Crippen molar-refractivity contribution in [3.05, 3.63) is 48.0 Å². The molecule has 2 aliphatic rings. The summed E-state index contributed by atoms with van der Waals surface area (Å²) in [5, 5.41) is 4.31. The maximum atomic E-state index is 5.72. The molecule has 1 aliphatic heterocycles. The SMILES string of the molecule is S=C(NCC1CCCO1)N(Cc1ccccc1)CC1CC=CCC1. The van der Waals surface area contributed by atoms with E-state index in [4.69, 9.17) is 17.0 Å². The largest absolute Gasteiger partial charge is 0.376 e. The first-order valence-electron chi connectivity index (χ1n) is 9.14. The van der Waals surface area contributed by atoms with Gasteiger partial charge in [0, 0.05) is 26.2 Å². The van der Waals surface area contributed by atoms with E-state index in [9.17, 15) is 0 Å². The highest BCUT2D eigenvalue weighted by atomic mass is 32.1. The highest BCUT2D eigenvalue weighted by Gasteiger charge is 2.20. The third-order valence-corrected chi connectivity index (χ3v) is 5.27. The molecule has 0 bridgehead atoms. The summed E-state index contributed by atoms with van der Waals surface area (Å²) in [5.41, 5.74) is 1.31. The highest BCUT2D eigenvalue weighted by molar-refractivity contribution is 7.80. The van der Waals surface area contributed by atoms with Crippen LogP contribution in [0, 0.1) is 5.92 Å². The molecule has 1 heterocycles. The van der Waals surface area contributed by atoms with Gasteiger partial charge in [0.1, 0.15) is 0 Å². The molecular formula is C20H28N2OS. The summed E-state index contributed by atoms with van der Waals surface area (Å²) in [6.07, 6.45) is 10.9. The maximum absolute atomic E-state index is 5.72. The van der Waals surface area contributed by atoms with Crippen LogP contribution in [-0.4, -0.2) is 35.8 Å². The van der Waals surface area contributed by atoms with Crippen molar-refractivity contribution in [2.45, 2.75) is 44.8 Å². The first-order valence-corrected chi connectivity index (χ1v) is 9.55. The summed E-state index contributed by atoms with van der Waals surface area (Å²) in [7, 11) is 0. The fourth-order valence-electron chi connectivity index (χ4n) is 3.48. The summed E-state index contributed by atoms with van der Waals surface area (Å²) in [6, 6.07) is 10.6. The van der Waals surface area contributed by atoms with Gasteiger partial charge in [-0.1, -0.05) is 42.5 Å². The summed E-state index contributed by atoms with van der Waals surface area (Å²) < 4.78 is 5.70. The molecule has 4 heteroatoms. The van der Waals surface area contributed by atoms with Crippen LogP contribution in [0.3, 0.4) is 0 Å². The zero-order chi connectivity index (χ0) is 16.6. The molecule has 24 heavy (non-hydrogen) atoms. The molecule has 1 N–H and O–H groups in total. The Bertz CT molecular complexity index is 540. The van der Waals surface area contributed by atoms with Gasteiger partial charge in [-0.25, -0.2) is 0 Å². The molecule has 2 unspecified atom stereocenters. The molecule has 130 valence electrons. The summed E-state index contributed by atoms with van der Waals surface area (Å²) >= 11 is 5.72. The Kier molecular flexibility index (Phi) is 6.67. The summed E-state index contributed by atoms with van der Waals surface area (Å²) in [5.74, 6) is 0.696. The number of allylic oxidation sites excluding steroid dienone is 2. The fourth-order valence-corrected chi connectivity index (χ4v) is 3.70. The van der Waals surface area contributed by atoms with Gasteiger partial charge >= 0.3 is 0 Å². The molecule has 1 aromatic carbocycles. The summed E-state index contributed by atoms with van der Waals surface area (Å²) in [4.78, 5) is 2.34. The zero-order valence-electron chi connectivity index (χ0n) is 14.3. The lowest BCUT2D eigenvalue weighted by molar-refractivity contribution is 0.113. The number of nitrogens with one attached hydrogen (secondary N) is 1. The minimum atomic E-state index is 0.319. The van der Waals surface area contributed by atoms with Crippen molar-refractivity contribution in [3.8, 4) is 0 Å². The van der Waals surface area contributed by atoms with E-state index in [1.807, 2.05) is 0 Å². The van der Waals surface area contributed by atoms with Gasteiger partial charge < -0.3 is 15.0 Å². The van der Waals surface area contributed by atoms with E-state index in [0.717, 1.165) is 37.8 Å². The van der Waals surface area contributed by atoms with Crippen molar-refractivity contribution in [3.63, 3.8) is 0 Å². The molecule has 1 aromatic rings. The Labute approximate surface area is 151 Å². The van der Waals surface area contributed by atoms with E-state index < -0.39 is 0 Å². The van der Waals surface area contributed by atoms with Gasteiger partial charge in [0.05, 0.1) is 6.10 Å². The predicted octanol–water partition coefficient (Wildman–Crippen LogP) is 3.90. The van der Waals surface area contributed by atoms with E-state index >= 15 is 0 Å². The second-order valence-corrected chi connectivity index (χ2v) is 7.22. The van der Waals surface area contributed by atoms with Gasteiger partial charge in [-0.2, -0.15) is 0 Å². The molecule has 1 fully saturated rings. The van der Waals surface area contributed by atoms with Crippen LogP contribution in [0.15, 0.2) is 42.5 Å². The minimum absolute atomic E-state index is 0.319. The first kappa shape index (κ1) is 17.4. The normalized spacial score (nSPS) is 23.2. The Balaban J connectivity index is 1.58. The van der Waals surface area contributed by atoms with Crippen LogP contribution in [0.1, 0.15) is 37.7 Å². The van der Waals surface area contributed by atoms with E-state index in [1.165, 1.54) is 31.2 Å². The molecular weight excluding hydrogens is 316 g/mol. The van der Waals surface area contributed by atoms with Gasteiger partial charge in [-0.05, 0) is 55.8 Å². The van der Waals surface area contributed by atoms with E-state index in [1.54, 1.807) is 0 Å². The average Bonchev–Trinajstić information content (AvgIpc) is 3.14. The number of benzene rings is 1. The lowest BCUT2D eigenvalue weighted by Crippen LogP contribution is -2.44.